The number of aromatic nitrogens is 1. The maximum atomic E-state index is 13.1. The molecule has 2 heterocycles. The number of carboxylic acids is 1. The smallest absolute Gasteiger partial charge is 0.306 e. The summed E-state index contributed by atoms with van der Waals surface area (Å²) >= 11 is 0. The molecular formula is C28H40N4O6. The molecule has 4 fully saturated rings. The zero-order valence-electron chi connectivity index (χ0n) is 21.9. The van der Waals surface area contributed by atoms with Crippen molar-refractivity contribution in [2.45, 2.75) is 101 Å². The highest BCUT2D eigenvalue weighted by Gasteiger charge is 2.49. The summed E-state index contributed by atoms with van der Waals surface area (Å²) in [7, 11) is 0. The third-order valence-electron chi connectivity index (χ3n) is 8.52. The molecule has 10 heteroatoms. The van der Waals surface area contributed by atoms with Crippen LogP contribution in [0.2, 0.25) is 0 Å². The Labute approximate surface area is 223 Å². The van der Waals surface area contributed by atoms with Crippen LogP contribution in [0.4, 0.5) is 0 Å². The van der Waals surface area contributed by atoms with Crippen molar-refractivity contribution < 1.29 is 29.1 Å². The Morgan fingerprint density at radius 1 is 1.03 bits per heavy atom. The maximum Gasteiger partial charge on any atom is 0.306 e. The van der Waals surface area contributed by atoms with E-state index in [2.05, 4.69) is 15.8 Å². The van der Waals surface area contributed by atoms with E-state index in [0.29, 0.717) is 26.0 Å². The van der Waals surface area contributed by atoms with Crippen molar-refractivity contribution in [1.29, 1.82) is 0 Å². The van der Waals surface area contributed by atoms with Gasteiger partial charge in [-0.1, -0.05) is 6.07 Å². The second kappa shape index (κ2) is 12.5. The van der Waals surface area contributed by atoms with Gasteiger partial charge in [0.15, 0.2) is 0 Å². The molecular weight excluding hydrogens is 488 g/mol. The molecule has 3 aliphatic carbocycles. The van der Waals surface area contributed by atoms with Crippen molar-refractivity contribution in [3.8, 4) is 0 Å². The van der Waals surface area contributed by atoms with Gasteiger partial charge in [0.05, 0.1) is 36.7 Å². The summed E-state index contributed by atoms with van der Waals surface area (Å²) in [4.78, 5) is 49.0. The van der Waals surface area contributed by atoms with Gasteiger partial charge in [0.2, 0.25) is 11.8 Å². The summed E-state index contributed by atoms with van der Waals surface area (Å²) in [6.07, 6.45) is 12.7. The Morgan fingerprint density at radius 3 is 2.42 bits per heavy atom. The molecule has 0 radical (unpaired) electrons. The lowest BCUT2D eigenvalue weighted by molar-refractivity contribution is -0.143. The first-order valence-corrected chi connectivity index (χ1v) is 14.2. The second-order valence-corrected chi connectivity index (χ2v) is 11.3. The molecule has 208 valence electrons. The average Bonchev–Trinajstić information content (AvgIpc) is 3.72. The van der Waals surface area contributed by atoms with E-state index in [0.717, 1.165) is 56.9 Å². The zero-order valence-corrected chi connectivity index (χ0v) is 21.9. The van der Waals surface area contributed by atoms with E-state index >= 15 is 0 Å². The summed E-state index contributed by atoms with van der Waals surface area (Å²) in [6.45, 7) is 0.862. The number of nitrogens with zero attached hydrogens (tertiary/aromatic N) is 2. The number of carbonyl (C=O) groups excluding carboxylic acids is 2. The number of pyridine rings is 1. The molecule has 3 N–H and O–H groups in total. The van der Waals surface area contributed by atoms with Gasteiger partial charge in [-0.3, -0.25) is 24.2 Å². The molecule has 4 aliphatic rings. The first-order valence-electron chi connectivity index (χ1n) is 14.2. The highest BCUT2D eigenvalue weighted by molar-refractivity contribution is 5.90. The number of ether oxygens (including phenoxy) is 1. The Hall–Kier alpha value is -2.56. The number of amides is 2. The van der Waals surface area contributed by atoms with Crippen LogP contribution >= 0.6 is 0 Å². The molecule has 1 saturated heterocycles. The van der Waals surface area contributed by atoms with Crippen molar-refractivity contribution in [3.63, 3.8) is 0 Å². The van der Waals surface area contributed by atoms with Gasteiger partial charge in [-0.25, -0.2) is 0 Å². The molecule has 3 saturated carbocycles. The molecule has 1 aliphatic heterocycles. The molecule has 1 aromatic rings. The molecule has 5 rings (SSSR count). The largest absolute Gasteiger partial charge is 0.481 e. The average molecular weight is 529 g/mol. The third-order valence-corrected chi connectivity index (χ3v) is 8.52. The lowest BCUT2D eigenvalue weighted by Gasteiger charge is -2.31. The van der Waals surface area contributed by atoms with Crippen molar-refractivity contribution in [3.05, 3.63) is 30.1 Å². The topological polar surface area (TPSA) is 130 Å². The van der Waals surface area contributed by atoms with Crippen LogP contribution in [0.3, 0.4) is 0 Å². The molecule has 0 unspecified atom stereocenters. The number of carboxylic acid groups (broad SMARTS) is 1. The third kappa shape index (κ3) is 6.71. The van der Waals surface area contributed by atoms with Gasteiger partial charge < -0.3 is 20.1 Å². The summed E-state index contributed by atoms with van der Waals surface area (Å²) in [5.41, 5.74) is 4.10. The Balaban J connectivity index is 0.990. The maximum absolute atomic E-state index is 13.1. The first kappa shape index (κ1) is 27.0. The van der Waals surface area contributed by atoms with Crippen LogP contribution < -0.4 is 10.8 Å². The van der Waals surface area contributed by atoms with E-state index < -0.39 is 11.9 Å². The standard InChI is InChI=1S/C28H40N4O6/c33-25-16-24(26(32(25)21-7-8-21)19-2-1-13-29-17-19)27(34)30-14-15-37-22-9-11-23(12-10-22)38-31-20-5-3-18(4-6-20)28(35)36/h1-2,13,17-18,20-24,26,31H,3-12,14-16H2,(H,30,34)(H,35,36)/t18?,20?,22?,23?,24-,26+/m0/s1. The van der Waals surface area contributed by atoms with E-state index in [1.807, 2.05) is 17.0 Å². The minimum absolute atomic E-state index is 0.0548. The van der Waals surface area contributed by atoms with Crippen molar-refractivity contribution in [2.75, 3.05) is 13.2 Å². The highest BCUT2D eigenvalue weighted by atomic mass is 16.7. The van der Waals surface area contributed by atoms with E-state index in [4.69, 9.17) is 14.7 Å². The van der Waals surface area contributed by atoms with Crippen LogP contribution in [-0.2, 0) is 24.0 Å². The van der Waals surface area contributed by atoms with Gasteiger partial charge in [-0.05, 0) is 75.8 Å². The number of likely N-dealkylation sites (tertiary alicyclic amines) is 1. The predicted molar refractivity (Wildman–Crippen MR) is 138 cm³/mol. The minimum atomic E-state index is -0.690. The fraction of sp³-hybridized carbons (Fsp3) is 0.714. The second-order valence-electron chi connectivity index (χ2n) is 11.3. The minimum Gasteiger partial charge on any atom is -0.481 e. The normalized spacial score (nSPS) is 31.8. The van der Waals surface area contributed by atoms with Crippen molar-refractivity contribution in [2.24, 2.45) is 11.8 Å². The fourth-order valence-electron chi connectivity index (χ4n) is 6.22. The Kier molecular flexibility index (Phi) is 8.91. The summed E-state index contributed by atoms with van der Waals surface area (Å²) in [6, 6.07) is 4.03. The number of hydrogen-bond donors (Lipinski definition) is 3. The van der Waals surface area contributed by atoms with Crippen molar-refractivity contribution >= 4 is 17.8 Å². The van der Waals surface area contributed by atoms with Crippen LogP contribution in [0.1, 0.15) is 82.2 Å². The predicted octanol–water partition coefficient (Wildman–Crippen LogP) is 2.74. The summed E-state index contributed by atoms with van der Waals surface area (Å²) in [5.74, 6) is -1.36. The van der Waals surface area contributed by atoms with Gasteiger partial charge in [0, 0.05) is 37.4 Å². The van der Waals surface area contributed by atoms with E-state index in [9.17, 15) is 14.4 Å². The summed E-state index contributed by atoms with van der Waals surface area (Å²) in [5, 5.41) is 12.1. The van der Waals surface area contributed by atoms with Gasteiger partial charge in [0.1, 0.15) is 0 Å². The van der Waals surface area contributed by atoms with Crippen LogP contribution in [0, 0.1) is 11.8 Å². The number of aliphatic carboxylic acids is 1. The number of hydrogen-bond acceptors (Lipinski definition) is 7. The molecule has 2 amide bonds. The Bertz CT molecular complexity index is 957. The van der Waals surface area contributed by atoms with Gasteiger partial charge in [-0.2, -0.15) is 5.48 Å². The van der Waals surface area contributed by atoms with Crippen molar-refractivity contribution in [1.82, 2.24) is 20.7 Å². The molecule has 0 spiro atoms. The van der Waals surface area contributed by atoms with Crippen LogP contribution in [-0.4, -0.2) is 70.2 Å². The molecule has 0 bridgehead atoms. The fourth-order valence-corrected chi connectivity index (χ4v) is 6.22. The zero-order chi connectivity index (χ0) is 26.5. The quantitative estimate of drug-likeness (QED) is 0.295. The number of rotatable bonds is 11. The first-order chi connectivity index (χ1) is 18.5. The van der Waals surface area contributed by atoms with Crippen LogP contribution in [0.25, 0.3) is 0 Å². The highest BCUT2D eigenvalue weighted by Crippen LogP contribution is 2.44. The number of nitrogens with one attached hydrogen (secondary N) is 2. The monoisotopic (exact) mass is 528 g/mol. The van der Waals surface area contributed by atoms with Crippen LogP contribution in [0.5, 0.6) is 0 Å². The molecule has 0 aromatic carbocycles. The number of carbonyl (C=O) groups is 3. The molecule has 38 heavy (non-hydrogen) atoms. The van der Waals surface area contributed by atoms with Crippen LogP contribution in [0.15, 0.2) is 24.5 Å². The van der Waals surface area contributed by atoms with E-state index in [1.54, 1.807) is 12.4 Å². The molecule has 1 aromatic heterocycles. The lowest BCUT2D eigenvalue weighted by atomic mass is 9.86. The van der Waals surface area contributed by atoms with E-state index in [-0.39, 0.29) is 54.5 Å². The molecule has 10 nitrogen and oxygen atoms in total. The SMILES string of the molecule is O=C(O)C1CCC(NOC2CCC(OCCNC(=O)[C@H]3CC(=O)N(C4CC4)[C@@H]3c3cccnc3)CC2)CC1. The molecule has 2 atom stereocenters. The summed E-state index contributed by atoms with van der Waals surface area (Å²) < 4.78 is 6.04. The van der Waals surface area contributed by atoms with E-state index in [1.165, 1.54) is 0 Å². The Morgan fingerprint density at radius 2 is 1.76 bits per heavy atom. The van der Waals surface area contributed by atoms with Gasteiger partial charge in [-0.15, -0.1) is 0 Å². The van der Waals surface area contributed by atoms with Gasteiger partial charge in [0.25, 0.3) is 0 Å². The number of hydroxylamine groups is 1. The lowest BCUT2D eigenvalue weighted by Crippen LogP contribution is -2.39. The van der Waals surface area contributed by atoms with Gasteiger partial charge >= 0.3 is 5.97 Å².